The molecule has 0 aliphatic heterocycles. The maximum Gasteiger partial charge on any atom is 0.140 e. The van der Waals surface area contributed by atoms with Gasteiger partial charge in [-0.2, -0.15) is 16.9 Å². The van der Waals surface area contributed by atoms with Gasteiger partial charge in [-0.3, -0.25) is 0 Å². The Kier molecular flexibility index (Phi) is 5.70. The summed E-state index contributed by atoms with van der Waals surface area (Å²) in [5, 5.41) is 8.79. The molecule has 2 rings (SSSR count). The minimum atomic E-state index is 0.607. The fourth-order valence-corrected chi connectivity index (χ4v) is 3.94. The SMILES string of the molecule is CCS[C@H]1CCC[C@@H]1NCc1ncnn1CC(C)C. The van der Waals surface area contributed by atoms with E-state index in [0.717, 1.165) is 24.2 Å². The fourth-order valence-electron chi connectivity index (χ4n) is 2.72. The number of hydrogen-bond donors (Lipinski definition) is 1. The zero-order valence-corrected chi connectivity index (χ0v) is 13.1. The van der Waals surface area contributed by atoms with Crippen LogP contribution in [-0.2, 0) is 13.1 Å². The Bertz CT molecular complexity index is 377. The Hall–Kier alpha value is -0.550. The third-order valence-electron chi connectivity index (χ3n) is 3.59. The van der Waals surface area contributed by atoms with Gasteiger partial charge in [-0.1, -0.05) is 27.2 Å². The number of rotatable bonds is 7. The summed E-state index contributed by atoms with van der Waals surface area (Å²) in [5.74, 6) is 2.89. The minimum Gasteiger partial charge on any atom is -0.306 e. The van der Waals surface area contributed by atoms with Crippen molar-refractivity contribution in [2.24, 2.45) is 5.92 Å². The van der Waals surface area contributed by atoms with Crippen molar-refractivity contribution in [1.29, 1.82) is 0 Å². The summed E-state index contributed by atoms with van der Waals surface area (Å²) in [6.07, 6.45) is 5.69. The van der Waals surface area contributed by atoms with Gasteiger partial charge in [0.15, 0.2) is 0 Å². The van der Waals surface area contributed by atoms with E-state index in [4.69, 9.17) is 0 Å². The Morgan fingerprint density at radius 2 is 2.32 bits per heavy atom. The van der Waals surface area contributed by atoms with Crippen molar-refractivity contribution in [1.82, 2.24) is 20.1 Å². The first kappa shape index (κ1) is 14.9. The lowest BCUT2D eigenvalue weighted by Gasteiger charge is -2.20. The number of thioether (sulfide) groups is 1. The molecule has 2 atom stereocenters. The van der Waals surface area contributed by atoms with Crippen LogP contribution in [-0.4, -0.2) is 31.8 Å². The molecule has 0 bridgehead atoms. The van der Waals surface area contributed by atoms with E-state index < -0.39 is 0 Å². The van der Waals surface area contributed by atoms with E-state index in [2.05, 4.69) is 47.9 Å². The molecule has 0 aromatic carbocycles. The van der Waals surface area contributed by atoms with Gasteiger partial charge in [0.25, 0.3) is 0 Å². The smallest absolute Gasteiger partial charge is 0.140 e. The molecular formula is C14H26N4S. The van der Waals surface area contributed by atoms with Gasteiger partial charge < -0.3 is 5.32 Å². The van der Waals surface area contributed by atoms with Crippen LogP contribution < -0.4 is 5.32 Å². The third-order valence-corrected chi connectivity index (χ3v) is 4.92. The standard InChI is InChI=1S/C14H26N4S/c1-4-19-13-7-5-6-12(13)15-8-14-16-10-17-18(14)9-11(2)3/h10-13,15H,4-9H2,1-3H3/t12-,13-/m0/s1. The second-order valence-electron chi connectivity index (χ2n) is 5.66. The average molecular weight is 282 g/mol. The fraction of sp³-hybridized carbons (Fsp3) is 0.857. The molecule has 1 N–H and O–H groups in total. The Labute approximate surface area is 120 Å². The molecule has 108 valence electrons. The van der Waals surface area contributed by atoms with Crippen molar-refractivity contribution in [3.05, 3.63) is 12.2 Å². The predicted molar refractivity (Wildman–Crippen MR) is 81.3 cm³/mol. The number of nitrogens with one attached hydrogen (secondary N) is 1. The molecule has 1 fully saturated rings. The van der Waals surface area contributed by atoms with E-state index in [1.54, 1.807) is 6.33 Å². The van der Waals surface area contributed by atoms with Crippen molar-refractivity contribution in [2.75, 3.05) is 5.75 Å². The van der Waals surface area contributed by atoms with Gasteiger partial charge in [0.1, 0.15) is 12.2 Å². The molecule has 0 unspecified atom stereocenters. The van der Waals surface area contributed by atoms with Gasteiger partial charge in [0, 0.05) is 17.8 Å². The summed E-state index contributed by atoms with van der Waals surface area (Å²) in [6, 6.07) is 0.647. The zero-order chi connectivity index (χ0) is 13.7. The summed E-state index contributed by atoms with van der Waals surface area (Å²) >= 11 is 2.09. The van der Waals surface area contributed by atoms with Gasteiger partial charge in [-0.05, 0) is 24.5 Å². The van der Waals surface area contributed by atoms with E-state index in [0.29, 0.717) is 12.0 Å². The van der Waals surface area contributed by atoms with Crippen molar-refractivity contribution < 1.29 is 0 Å². The van der Waals surface area contributed by atoms with E-state index >= 15 is 0 Å². The first-order valence-electron chi connectivity index (χ1n) is 7.42. The summed E-state index contributed by atoms with van der Waals surface area (Å²) in [5.41, 5.74) is 0. The van der Waals surface area contributed by atoms with Crippen molar-refractivity contribution in [3.8, 4) is 0 Å². The predicted octanol–water partition coefficient (Wildman–Crippen LogP) is 2.70. The van der Waals surface area contributed by atoms with Gasteiger partial charge in [0.2, 0.25) is 0 Å². The molecule has 1 aliphatic rings. The molecule has 19 heavy (non-hydrogen) atoms. The summed E-state index contributed by atoms with van der Waals surface area (Å²) in [6.45, 7) is 8.47. The molecule has 1 heterocycles. The average Bonchev–Trinajstić information content (AvgIpc) is 2.96. The van der Waals surface area contributed by atoms with Crippen LogP contribution in [0.5, 0.6) is 0 Å². The minimum absolute atomic E-state index is 0.607. The highest BCUT2D eigenvalue weighted by Gasteiger charge is 2.26. The highest BCUT2D eigenvalue weighted by atomic mass is 32.2. The lowest BCUT2D eigenvalue weighted by molar-refractivity contribution is 0.444. The van der Waals surface area contributed by atoms with Crippen molar-refractivity contribution >= 4 is 11.8 Å². The molecule has 1 aliphatic carbocycles. The molecule has 0 radical (unpaired) electrons. The van der Waals surface area contributed by atoms with Crippen LogP contribution in [0.2, 0.25) is 0 Å². The van der Waals surface area contributed by atoms with Crippen LogP contribution in [0, 0.1) is 5.92 Å². The van der Waals surface area contributed by atoms with Crippen LogP contribution in [0.1, 0.15) is 45.9 Å². The Morgan fingerprint density at radius 3 is 3.05 bits per heavy atom. The number of aromatic nitrogens is 3. The van der Waals surface area contributed by atoms with E-state index in [1.807, 2.05) is 4.68 Å². The molecule has 1 aromatic rings. The lowest BCUT2D eigenvalue weighted by atomic mass is 10.2. The van der Waals surface area contributed by atoms with Crippen LogP contribution in [0.4, 0.5) is 0 Å². The summed E-state index contributed by atoms with van der Waals surface area (Å²) in [4.78, 5) is 4.38. The van der Waals surface area contributed by atoms with Crippen LogP contribution in [0.15, 0.2) is 6.33 Å². The maximum atomic E-state index is 4.38. The molecular weight excluding hydrogens is 256 g/mol. The second kappa shape index (κ2) is 7.29. The molecule has 0 saturated heterocycles. The molecule has 1 aromatic heterocycles. The third kappa shape index (κ3) is 4.21. The molecule has 0 amide bonds. The summed E-state index contributed by atoms with van der Waals surface area (Å²) in [7, 11) is 0. The molecule has 4 nitrogen and oxygen atoms in total. The van der Waals surface area contributed by atoms with Gasteiger partial charge in [-0.15, -0.1) is 0 Å². The monoisotopic (exact) mass is 282 g/mol. The summed E-state index contributed by atoms with van der Waals surface area (Å²) < 4.78 is 2.04. The largest absolute Gasteiger partial charge is 0.306 e. The van der Waals surface area contributed by atoms with E-state index in [1.165, 1.54) is 25.0 Å². The van der Waals surface area contributed by atoms with Crippen LogP contribution in [0.25, 0.3) is 0 Å². The quantitative estimate of drug-likeness (QED) is 0.835. The maximum absolute atomic E-state index is 4.38. The molecule has 1 saturated carbocycles. The number of hydrogen-bond acceptors (Lipinski definition) is 4. The number of nitrogens with zero attached hydrogens (tertiary/aromatic N) is 3. The zero-order valence-electron chi connectivity index (χ0n) is 12.3. The highest BCUT2D eigenvalue weighted by Crippen LogP contribution is 2.29. The van der Waals surface area contributed by atoms with Crippen molar-refractivity contribution in [2.45, 2.75) is 64.4 Å². The highest BCUT2D eigenvalue weighted by molar-refractivity contribution is 7.99. The Balaban J connectivity index is 1.86. The topological polar surface area (TPSA) is 42.7 Å². The molecule has 5 heteroatoms. The van der Waals surface area contributed by atoms with Gasteiger partial charge >= 0.3 is 0 Å². The molecule has 0 spiro atoms. The van der Waals surface area contributed by atoms with E-state index in [-0.39, 0.29) is 0 Å². The van der Waals surface area contributed by atoms with Crippen LogP contribution >= 0.6 is 11.8 Å². The van der Waals surface area contributed by atoms with Crippen molar-refractivity contribution in [3.63, 3.8) is 0 Å². The van der Waals surface area contributed by atoms with Gasteiger partial charge in [-0.25, -0.2) is 9.67 Å². The van der Waals surface area contributed by atoms with Gasteiger partial charge in [0.05, 0.1) is 6.54 Å². The first-order valence-corrected chi connectivity index (χ1v) is 8.47. The van der Waals surface area contributed by atoms with Crippen LogP contribution in [0.3, 0.4) is 0 Å². The van der Waals surface area contributed by atoms with E-state index in [9.17, 15) is 0 Å². The normalized spacial score (nSPS) is 23.4. The second-order valence-corrected chi connectivity index (χ2v) is 7.18. The lowest BCUT2D eigenvalue weighted by Crippen LogP contribution is -2.34. The first-order chi connectivity index (χ1) is 9.20. The Morgan fingerprint density at radius 1 is 1.47 bits per heavy atom.